The Labute approximate surface area is 123 Å². The fourth-order valence-electron chi connectivity index (χ4n) is 1.96. The summed E-state index contributed by atoms with van der Waals surface area (Å²) in [5, 5.41) is 10.1. The van der Waals surface area contributed by atoms with E-state index in [0.29, 0.717) is 17.8 Å². The molecule has 108 valence electrons. The summed E-state index contributed by atoms with van der Waals surface area (Å²) < 4.78 is 0. The Balaban J connectivity index is 2.04. The van der Waals surface area contributed by atoms with Crippen LogP contribution in [0, 0.1) is 19.3 Å². The number of amides is 1. The number of aromatic nitrogens is 1. The van der Waals surface area contributed by atoms with E-state index in [0.717, 1.165) is 16.7 Å². The zero-order valence-electron chi connectivity index (χ0n) is 12.1. The normalized spacial score (nSPS) is 10.2. The molecule has 0 spiro atoms. The number of nitrogens with zero attached hydrogens (tertiary/aromatic N) is 1. The summed E-state index contributed by atoms with van der Waals surface area (Å²) in [5.74, 6) is -0.173. The third-order valence-electron chi connectivity index (χ3n) is 3.40. The van der Waals surface area contributed by atoms with Gasteiger partial charge in [0.15, 0.2) is 0 Å². The smallest absolute Gasteiger partial charge is 0.251 e. The average Bonchev–Trinajstić information content (AvgIpc) is 2.48. The van der Waals surface area contributed by atoms with Gasteiger partial charge in [0.1, 0.15) is 11.5 Å². The predicted octanol–water partition coefficient (Wildman–Crippen LogP) is 1.91. The lowest BCUT2D eigenvalue weighted by Crippen LogP contribution is -2.24. The van der Waals surface area contributed by atoms with Crippen LogP contribution < -0.4 is 11.1 Å². The van der Waals surface area contributed by atoms with Crippen molar-refractivity contribution in [1.82, 2.24) is 10.3 Å². The summed E-state index contributed by atoms with van der Waals surface area (Å²) in [6, 6.07) is 9.14. The molecule has 0 fully saturated rings. The molecule has 4 N–H and O–H groups in total. The number of carbonyl (C=O) groups is 1. The molecule has 1 aromatic heterocycles. The lowest BCUT2D eigenvalue weighted by Gasteiger charge is -2.09. The van der Waals surface area contributed by atoms with Crippen LogP contribution in [-0.4, -0.2) is 16.7 Å². The molecule has 5 heteroatoms. The number of nitrogen functional groups attached to an aromatic ring is 1. The Kier molecular flexibility index (Phi) is 4.33. The summed E-state index contributed by atoms with van der Waals surface area (Å²) in [6.07, 6.45) is 1.61. The number of aryl methyl sites for hydroxylation is 1. The van der Waals surface area contributed by atoms with E-state index >= 15 is 0 Å². The highest BCUT2D eigenvalue weighted by Gasteiger charge is 2.09. The molecule has 2 rings (SSSR count). The van der Waals surface area contributed by atoms with Crippen molar-refractivity contribution < 1.29 is 4.79 Å². The maximum Gasteiger partial charge on any atom is 0.251 e. The highest BCUT2D eigenvalue weighted by molar-refractivity contribution is 5.96. The Morgan fingerprint density at radius 3 is 2.67 bits per heavy atom. The van der Waals surface area contributed by atoms with Gasteiger partial charge in [0.25, 0.3) is 5.91 Å². The molecule has 21 heavy (non-hydrogen) atoms. The van der Waals surface area contributed by atoms with Crippen molar-refractivity contribution >= 4 is 11.7 Å². The second-order valence-corrected chi connectivity index (χ2v) is 4.90. The molecule has 5 nitrogen and oxygen atoms in total. The predicted molar refractivity (Wildman–Crippen MR) is 82.3 cm³/mol. The van der Waals surface area contributed by atoms with Crippen LogP contribution in [0.15, 0.2) is 36.5 Å². The van der Waals surface area contributed by atoms with Gasteiger partial charge in [-0.25, -0.2) is 0 Å². The highest BCUT2D eigenvalue weighted by atomic mass is 16.1. The number of nitrogens with two attached hydrogens (primary N) is 1. The zero-order valence-corrected chi connectivity index (χ0v) is 12.1. The molecule has 1 aromatic carbocycles. The van der Waals surface area contributed by atoms with E-state index in [4.69, 9.17) is 11.1 Å². The van der Waals surface area contributed by atoms with Gasteiger partial charge < -0.3 is 11.1 Å². The Morgan fingerprint density at radius 2 is 2.05 bits per heavy atom. The summed E-state index contributed by atoms with van der Waals surface area (Å²) in [7, 11) is 0. The SMILES string of the molecule is Cc1cccc(C(=O)NCc2ccc(C(=N)N)nc2)c1C. The van der Waals surface area contributed by atoms with Gasteiger partial charge >= 0.3 is 0 Å². The van der Waals surface area contributed by atoms with E-state index in [9.17, 15) is 4.79 Å². The maximum atomic E-state index is 12.2. The fraction of sp³-hybridized carbons (Fsp3) is 0.188. The quantitative estimate of drug-likeness (QED) is 0.591. The van der Waals surface area contributed by atoms with Crippen LogP contribution in [0.3, 0.4) is 0 Å². The van der Waals surface area contributed by atoms with Crippen molar-refractivity contribution in [2.45, 2.75) is 20.4 Å². The second-order valence-electron chi connectivity index (χ2n) is 4.90. The first-order valence-corrected chi connectivity index (χ1v) is 6.63. The van der Waals surface area contributed by atoms with Gasteiger partial charge in [-0.1, -0.05) is 18.2 Å². The summed E-state index contributed by atoms with van der Waals surface area (Å²) in [5.41, 5.74) is 9.40. The lowest BCUT2D eigenvalue weighted by molar-refractivity contribution is 0.0950. The van der Waals surface area contributed by atoms with Crippen LogP contribution in [-0.2, 0) is 6.54 Å². The summed E-state index contributed by atoms with van der Waals surface area (Å²) in [4.78, 5) is 16.2. The molecule has 0 radical (unpaired) electrons. The number of pyridine rings is 1. The second kappa shape index (κ2) is 6.17. The minimum absolute atomic E-state index is 0.0685. The largest absolute Gasteiger partial charge is 0.382 e. The molecule has 1 heterocycles. The Bertz CT molecular complexity index is 677. The molecule has 2 aromatic rings. The molecule has 0 saturated heterocycles. The Hall–Kier alpha value is -2.69. The van der Waals surface area contributed by atoms with E-state index in [1.807, 2.05) is 32.0 Å². The van der Waals surface area contributed by atoms with E-state index in [-0.39, 0.29) is 11.7 Å². The number of carbonyl (C=O) groups excluding carboxylic acids is 1. The van der Waals surface area contributed by atoms with Crippen LogP contribution in [0.4, 0.5) is 0 Å². The number of amidine groups is 1. The molecule has 1 amide bonds. The van der Waals surface area contributed by atoms with Gasteiger partial charge in [-0.2, -0.15) is 0 Å². The first-order chi connectivity index (χ1) is 9.99. The van der Waals surface area contributed by atoms with E-state index in [1.165, 1.54) is 0 Å². The first-order valence-electron chi connectivity index (χ1n) is 6.63. The molecule has 0 saturated carbocycles. The minimum atomic E-state index is -0.105. The highest BCUT2D eigenvalue weighted by Crippen LogP contribution is 2.12. The molecule has 0 atom stereocenters. The van der Waals surface area contributed by atoms with Crippen LogP contribution in [0.5, 0.6) is 0 Å². The monoisotopic (exact) mass is 282 g/mol. The third kappa shape index (κ3) is 3.45. The van der Waals surface area contributed by atoms with Crippen molar-refractivity contribution in [3.8, 4) is 0 Å². The van der Waals surface area contributed by atoms with Gasteiger partial charge in [-0.05, 0) is 42.7 Å². The van der Waals surface area contributed by atoms with Crippen molar-refractivity contribution in [3.63, 3.8) is 0 Å². The molecule has 0 unspecified atom stereocenters. The molecule has 0 aliphatic rings. The number of nitrogens with one attached hydrogen (secondary N) is 2. The maximum absolute atomic E-state index is 12.2. The number of benzene rings is 1. The molecular formula is C16H18N4O. The van der Waals surface area contributed by atoms with Crippen LogP contribution in [0.1, 0.15) is 32.7 Å². The molecule has 0 aliphatic heterocycles. The van der Waals surface area contributed by atoms with Crippen molar-refractivity contribution in [2.75, 3.05) is 0 Å². The Morgan fingerprint density at radius 1 is 1.29 bits per heavy atom. The standard InChI is InChI=1S/C16H18N4O/c1-10-4-3-5-13(11(10)2)16(21)20-9-12-6-7-14(15(17)18)19-8-12/h3-8H,9H2,1-2H3,(H3,17,18)(H,20,21). The first kappa shape index (κ1) is 14.7. The summed E-state index contributed by atoms with van der Waals surface area (Å²) in [6.45, 7) is 4.31. The van der Waals surface area contributed by atoms with Gasteiger partial charge in [-0.3, -0.25) is 15.2 Å². The topological polar surface area (TPSA) is 91.9 Å². The number of hydrogen-bond acceptors (Lipinski definition) is 3. The third-order valence-corrected chi connectivity index (χ3v) is 3.40. The number of hydrogen-bond donors (Lipinski definition) is 3. The van der Waals surface area contributed by atoms with Crippen LogP contribution in [0.25, 0.3) is 0 Å². The average molecular weight is 282 g/mol. The molecular weight excluding hydrogens is 264 g/mol. The summed E-state index contributed by atoms with van der Waals surface area (Å²) >= 11 is 0. The van der Waals surface area contributed by atoms with Gasteiger partial charge in [-0.15, -0.1) is 0 Å². The van der Waals surface area contributed by atoms with E-state index in [1.54, 1.807) is 18.3 Å². The van der Waals surface area contributed by atoms with Crippen LogP contribution >= 0.6 is 0 Å². The zero-order chi connectivity index (χ0) is 15.4. The molecule has 0 bridgehead atoms. The van der Waals surface area contributed by atoms with Gasteiger partial charge in [0.2, 0.25) is 0 Å². The number of rotatable bonds is 4. The van der Waals surface area contributed by atoms with Crippen molar-refractivity contribution in [2.24, 2.45) is 5.73 Å². The minimum Gasteiger partial charge on any atom is -0.382 e. The molecule has 0 aliphatic carbocycles. The van der Waals surface area contributed by atoms with Gasteiger partial charge in [0.05, 0.1) is 0 Å². The van der Waals surface area contributed by atoms with E-state index in [2.05, 4.69) is 10.3 Å². The fourth-order valence-corrected chi connectivity index (χ4v) is 1.96. The van der Waals surface area contributed by atoms with Crippen molar-refractivity contribution in [3.05, 3.63) is 64.5 Å². The van der Waals surface area contributed by atoms with E-state index < -0.39 is 0 Å². The van der Waals surface area contributed by atoms with Crippen LogP contribution in [0.2, 0.25) is 0 Å². The van der Waals surface area contributed by atoms with Crippen molar-refractivity contribution in [1.29, 1.82) is 5.41 Å². The van der Waals surface area contributed by atoms with Gasteiger partial charge in [0, 0.05) is 18.3 Å². The lowest BCUT2D eigenvalue weighted by atomic mass is 10.0.